The van der Waals surface area contributed by atoms with Crippen LogP contribution in [0.3, 0.4) is 0 Å². The molecule has 0 spiro atoms. The Hall–Kier alpha value is -3.47. The number of nitrogens with one attached hydrogen (secondary N) is 2. The van der Waals surface area contributed by atoms with Gasteiger partial charge in [-0.25, -0.2) is 4.98 Å². The lowest BCUT2D eigenvalue weighted by molar-refractivity contribution is 0.101. The molecule has 2 amide bonds. The molecule has 5 heteroatoms. The van der Waals surface area contributed by atoms with Gasteiger partial charge in [0.1, 0.15) is 11.4 Å². The standard InChI is InChI=1S/C22H21N3O2/c1-14-11-15(2)13-17(12-14)23-21(26)19-9-6-10-20(24-19)22(27)25-18-8-5-4-7-16(18)3/h4-13H,1-3H3,(H,23,26)(H,25,27). The van der Waals surface area contributed by atoms with Crippen molar-refractivity contribution in [3.8, 4) is 0 Å². The fourth-order valence-corrected chi connectivity index (χ4v) is 2.83. The molecule has 0 saturated heterocycles. The molecule has 0 aliphatic heterocycles. The van der Waals surface area contributed by atoms with Crippen LogP contribution in [0.5, 0.6) is 0 Å². The van der Waals surface area contributed by atoms with Gasteiger partial charge in [-0.1, -0.05) is 30.3 Å². The van der Waals surface area contributed by atoms with E-state index in [0.717, 1.165) is 22.4 Å². The molecule has 0 unspecified atom stereocenters. The van der Waals surface area contributed by atoms with Crippen LogP contribution in [0.2, 0.25) is 0 Å². The smallest absolute Gasteiger partial charge is 0.274 e. The number of hydrogen-bond acceptors (Lipinski definition) is 3. The van der Waals surface area contributed by atoms with E-state index in [9.17, 15) is 9.59 Å². The molecule has 0 atom stereocenters. The molecule has 0 fully saturated rings. The number of rotatable bonds is 4. The third kappa shape index (κ3) is 4.58. The van der Waals surface area contributed by atoms with Gasteiger partial charge in [0.05, 0.1) is 0 Å². The first-order valence-corrected chi connectivity index (χ1v) is 8.66. The van der Waals surface area contributed by atoms with Gasteiger partial charge in [-0.05, 0) is 67.8 Å². The monoisotopic (exact) mass is 359 g/mol. The van der Waals surface area contributed by atoms with Crippen molar-refractivity contribution in [3.05, 3.63) is 88.7 Å². The molecule has 5 nitrogen and oxygen atoms in total. The van der Waals surface area contributed by atoms with E-state index in [1.54, 1.807) is 18.2 Å². The Labute approximate surface area is 158 Å². The SMILES string of the molecule is Cc1cc(C)cc(NC(=O)c2cccc(C(=O)Nc3ccccc3C)n2)c1. The number of aryl methyl sites for hydroxylation is 3. The molecule has 0 bridgehead atoms. The van der Waals surface area contributed by atoms with Gasteiger partial charge in [0.15, 0.2) is 0 Å². The van der Waals surface area contributed by atoms with Crippen LogP contribution in [0, 0.1) is 20.8 Å². The Kier molecular flexibility index (Phi) is 5.31. The summed E-state index contributed by atoms with van der Waals surface area (Å²) in [7, 11) is 0. The Morgan fingerprint density at radius 3 is 1.96 bits per heavy atom. The lowest BCUT2D eigenvalue weighted by Crippen LogP contribution is -2.18. The van der Waals surface area contributed by atoms with Crippen LogP contribution in [0.1, 0.15) is 37.7 Å². The van der Waals surface area contributed by atoms with Crippen molar-refractivity contribution in [2.24, 2.45) is 0 Å². The number of aromatic nitrogens is 1. The van der Waals surface area contributed by atoms with E-state index in [1.807, 2.05) is 63.2 Å². The van der Waals surface area contributed by atoms with Crippen molar-refractivity contribution in [2.45, 2.75) is 20.8 Å². The predicted octanol–water partition coefficient (Wildman–Crippen LogP) is 4.51. The minimum absolute atomic E-state index is 0.186. The number of amides is 2. The quantitative estimate of drug-likeness (QED) is 0.720. The summed E-state index contributed by atoms with van der Waals surface area (Å²) < 4.78 is 0. The minimum atomic E-state index is -0.356. The first-order chi connectivity index (χ1) is 12.9. The zero-order valence-electron chi connectivity index (χ0n) is 15.5. The molecular formula is C22H21N3O2. The van der Waals surface area contributed by atoms with Crippen molar-refractivity contribution in [2.75, 3.05) is 10.6 Å². The Morgan fingerprint density at radius 2 is 1.33 bits per heavy atom. The van der Waals surface area contributed by atoms with Crippen LogP contribution in [0.15, 0.2) is 60.7 Å². The normalized spacial score (nSPS) is 10.3. The highest BCUT2D eigenvalue weighted by molar-refractivity contribution is 6.06. The number of anilines is 2. The van der Waals surface area contributed by atoms with E-state index in [0.29, 0.717) is 5.69 Å². The lowest BCUT2D eigenvalue weighted by Gasteiger charge is -2.09. The number of carbonyl (C=O) groups is 2. The topological polar surface area (TPSA) is 71.1 Å². The van der Waals surface area contributed by atoms with Crippen molar-refractivity contribution in [1.82, 2.24) is 4.98 Å². The van der Waals surface area contributed by atoms with Gasteiger partial charge in [0.25, 0.3) is 11.8 Å². The van der Waals surface area contributed by atoms with Crippen LogP contribution < -0.4 is 10.6 Å². The van der Waals surface area contributed by atoms with Gasteiger partial charge in [-0.2, -0.15) is 0 Å². The van der Waals surface area contributed by atoms with Crippen LogP contribution in [-0.2, 0) is 0 Å². The van der Waals surface area contributed by atoms with Crippen molar-refractivity contribution >= 4 is 23.2 Å². The second kappa shape index (κ2) is 7.83. The summed E-state index contributed by atoms with van der Waals surface area (Å²) in [6.45, 7) is 5.85. The van der Waals surface area contributed by atoms with Gasteiger partial charge < -0.3 is 10.6 Å². The number of pyridine rings is 1. The maximum Gasteiger partial charge on any atom is 0.274 e. The average molecular weight is 359 g/mol. The highest BCUT2D eigenvalue weighted by atomic mass is 16.2. The Balaban J connectivity index is 1.77. The maximum atomic E-state index is 12.5. The third-order valence-electron chi connectivity index (χ3n) is 4.09. The van der Waals surface area contributed by atoms with Crippen LogP contribution in [-0.4, -0.2) is 16.8 Å². The second-order valence-corrected chi connectivity index (χ2v) is 6.51. The van der Waals surface area contributed by atoms with E-state index in [4.69, 9.17) is 0 Å². The Bertz CT molecular complexity index is 992. The van der Waals surface area contributed by atoms with Gasteiger partial charge in [-0.3, -0.25) is 9.59 Å². The zero-order valence-corrected chi connectivity index (χ0v) is 15.5. The molecule has 1 aromatic heterocycles. The van der Waals surface area contributed by atoms with Crippen molar-refractivity contribution in [1.29, 1.82) is 0 Å². The molecule has 0 aliphatic rings. The summed E-state index contributed by atoms with van der Waals surface area (Å²) in [5.41, 5.74) is 4.87. The van der Waals surface area contributed by atoms with Crippen LogP contribution >= 0.6 is 0 Å². The van der Waals surface area contributed by atoms with E-state index < -0.39 is 0 Å². The number of nitrogens with zero attached hydrogens (tertiary/aromatic N) is 1. The van der Waals surface area contributed by atoms with E-state index in [1.165, 1.54) is 0 Å². The van der Waals surface area contributed by atoms with Gasteiger partial charge >= 0.3 is 0 Å². The van der Waals surface area contributed by atoms with Crippen molar-refractivity contribution < 1.29 is 9.59 Å². The molecule has 0 saturated carbocycles. The number of para-hydroxylation sites is 1. The molecule has 1 heterocycles. The summed E-state index contributed by atoms with van der Waals surface area (Å²) >= 11 is 0. The predicted molar refractivity (Wildman–Crippen MR) is 107 cm³/mol. The van der Waals surface area contributed by atoms with Gasteiger partial charge in [0.2, 0.25) is 0 Å². The molecule has 136 valence electrons. The summed E-state index contributed by atoms with van der Waals surface area (Å²) in [4.78, 5) is 29.2. The highest BCUT2D eigenvalue weighted by Crippen LogP contribution is 2.16. The van der Waals surface area contributed by atoms with Crippen LogP contribution in [0.4, 0.5) is 11.4 Å². The summed E-state index contributed by atoms with van der Waals surface area (Å²) in [6.07, 6.45) is 0. The molecular weight excluding hydrogens is 338 g/mol. The fraction of sp³-hybridized carbons (Fsp3) is 0.136. The third-order valence-corrected chi connectivity index (χ3v) is 4.09. The zero-order chi connectivity index (χ0) is 19.4. The first kappa shape index (κ1) is 18.3. The largest absolute Gasteiger partial charge is 0.321 e. The van der Waals surface area contributed by atoms with Crippen LogP contribution in [0.25, 0.3) is 0 Å². The molecule has 2 N–H and O–H groups in total. The summed E-state index contributed by atoms with van der Waals surface area (Å²) in [5, 5.41) is 5.66. The Morgan fingerprint density at radius 1 is 0.741 bits per heavy atom. The average Bonchev–Trinajstić information content (AvgIpc) is 2.63. The van der Waals surface area contributed by atoms with E-state index >= 15 is 0 Å². The molecule has 0 radical (unpaired) electrons. The first-order valence-electron chi connectivity index (χ1n) is 8.66. The maximum absolute atomic E-state index is 12.5. The molecule has 2 aromatic carbocycles. The number of carbonyl (C=O) groups excluding carboxylic acids is 2. The highest BCUT2D eigenvalue weighted by Gasteiger charge is 2.13. The number of hydrogen-bond donors (Lipinski definition) is 2. The number of benzene rings is 2. The minimum Gasteiger partial charge on any atom is -0.321 e. The van der Waals surface area contributed by atoms with Crippen molar-refractivity contribution in [3.63, 3.8) is 0 Å². The molecule has 0 aliphatic carbocycles. The van der Waals surface area contributed by atoms with E-state index in [-0.39, 0.29) is 23.2 Å². The summed E-state index contributed by atoms with van der Waals surface area (Å²) in [5.74, 6) is -0.712. The molecule has 3 rings (SSSR count). The molecule has 27 heavy (non-hydrogen) atoms. The second-order valence-electron chi connectivity index (χ2n) is 6.51. The van der Waals surface area contributed by atoms with Gasteiger partial charge in [0, 0.05) is 11.4 Å². The lowest BCUT2D eigenvalue weighted by atomic mass is 10.1. The van der Waals surface area contributed by atoms with E-state index in [2.05, 4.69) is 15.6 Å². The summed E-state index contributed by atoms with van der Waals surface area (Å²) in [6, 6.07) is 18.1. The fourth-order valence-electron chi connectivity index (χ4n) is 2.83. The molecule has 3 aromatic rings. The van der Waals surface area contributed by atoms with Gasteiger partial charge in [-0.15, -0.1) is 0 Å².